The number of nitro groups is 1. The van der Waals surface area contributed by atoms with Crippen LogP contribution in [-0.4, -0.2) is 9.91 Å². The molecule has 0 saturated heterocycles. The van der Waals surface area contributed by atoms with E-state index in [0.717, 1.165) is 0 Å². The minimum atomic E-state index is -0.630. The van der Waals surface area contributed by atoms with Crippen LogP contribution in [0.15, 0.2) is 12.3 Å². The van der Waals surface area contributed by atoms with Crippen LogP contribution in [0.25, 0.3) is 0 Å². The van der Waals surface area contributed by atoms with Crippen molar-refractivity contribution in [2.45, 2.75) is 0 Å². The van der Waals surface area contributed by atoms with Gasteiger partial charge in [-0.15, -0.1) is 11.6 Å². The van der Waals surface area contributed by atoms with Gasteiger partial charge < -0.3 is 4.98 Å². The minimum absolute atomic E-state index is 0. The molecule has 1 heterocycles. The van der Waals surface area contributed by atoms with Gasteiger partial charge in [0.25, 0.3) is 0 Å². The number of halogens is 1. The van der Waals surface area contributed by atoms with Crippen LogP contribution in [0, 0.1) is 16.2 Å². The summed E-state index contributed by atoms with van der Waals surface area (Å²) in [6, 6.07) is 3.68. The maximum absolute atomic E-state index is 10.1. The van der Waals surface area contributed by atoms with Gasteiger partial charge in [0, 0.05) is 24.4 Å². The number of pyridine rings is 1. The molecule has 0 aliphatic rings. The summed E-state index contributed by atoms with van der Waals surface area (Å²) in [6.07, 6.45) is 1.34. The van der Waals surface area contributed by atoms with Crippen LogP contribution < -0.4 is 0 Å². The first-order valence-electron chi connectivity index (χ1n) is 2.38. The standard InChI is InChI=1S/C5H2ClN2O2.Zn/c6-5-4(8(9)10)2-1-3-7-5;/h1,3H;/q-1;. The first-order valence-corrected chi connectivity index (χ1v) is 2.76. The van der Waals surface area contributed by atoms with Crippen molar-refractivity contribution in [2.24, 2.45) is 0 Å². The maximum atomic E-state index is 10.1. The third kappa shape index (κ3) is 2.52. The minimum Gasteiger partial charge on any atom is -0.367 e. The molecule has 0 fully saturated rings. The Morgan fingerprint density at radius 1 is 1.73 bits per heavy atom. The molecule has 0 aliphatic carbocycles. The zero-order valence-electron chi connectivity index (χ0n) is 5.45. The van der Waals surface area contributed by atoms with E-state index in [0.29, 0.717) is 0 Å². The van der Waals surface area contributed by atoms with E-state index in [1.165, 1.54) is 12.3 Å². The SMILES string of the molecule is O=[N+]([O-])c1[c-]ccnc1Cl.[Zn]. The molecular weight excluding hydrogens is 221 g/mol. The molecule has 0 bridgehead atoms. The Balaban J connectivity index is 0.000001000. The third-order valence-electron chi connectivity index (χ3n) is 0.860. The number of nitrogens with zero attached hydrogens (tertiary/aromatic N) is 2. The summed E-state index contributed by atoms with van der Waals surface area (Å²) < 4.78 is 0. The molecule has 0 amide bonds. The van der Waals surface area contributed by atoms with Crippen molar-refractivity contribution in [3.05, 3.63) is 33.6 Å². The maximum Gasteiger partial charge on any atom is 0.198 e. The third-order valence-corrected chi connectivity index (χ3v) is 1.14. The summed E-state index contributed by atoms with van der Waals surface area (Å²) in [5, 5.41) is 9.94. The Hall–Kier alpha value is -0.537. The monoisotopic (exact) mass is 221 g/mol. The van der Waals surface area contributed by atoms with E-state index in [2.05, 4.69) is 11.1 Å². The molecule has 0 aromatic carbocycles. The number of aromatic nitrogens is 1. The van der Waals surface area contributed by atoms with Gasteiger partial charge in [0.1, 0.15) is 0 Å². The fourth-order valence-electron chi connectivity index (χ4n) is 0.468. The van der Waals surface area contributed by atoms with Gasteiger partial charge in [0.05, 0.1) is 5.15 Å². The van der Waals surface area contributed by atoms with Crippen LogP contribution in [0.2, 0.25) is 5.15 Å². The molecule has 0 unspecified atom stereocenters. The Bertz CT molecular complexity index is 268. The summed E-state index contributed by atoms with van der Waals surface area (Å²) in [5.74, 6) is 0. The fraction of sp³-hybridized carbons (Fsp3) is 0. The molecule has 1 aromatic heterocycles. The predicted molar refractivity (Wildman–Crippen MR) is 34.7 cm³/mol. The first kappa shape index (κ1) is 10.5. The molecule has 54 valence electrons. The molecule has 6 heteroatoms. The van der Waals surface area contributed by atoms with E-state index in [1.807, 2.05) is 0 Å². The van der Waals surface area contributed by atoms with Crippen LogP contribution >= 0.6 is 11.6 Å². The van der Waals surface area contributed by atoms with E-state index >= 15 is 0 Å². The van der Waals surface area contributed by atoms with Crippen LogP contribution in [0.5, 0.6) is 0 Å². The fourth-order valence-corrected chi connectivity index (χ4v) is 0.648. The Morgan fingerprint density at radius 2 is 2.36 bits per heavy atom. The van der Waals surface area contributed by atoms with E-state index in [4.69, 9.17) is 11.6 Å². The van der Waals surface area contributed by atoms with E-state index in [9.17, 15) is 10.1 Å². The molecule has 0 spiro atoms. The van der Waals surface area contributed by atoms with Gasteiger partial charge in [0.2, 0.25) is 0 Å². The average molecular weight is 223 g/mol. The van der Waals surface area contributed by atoms with Crippen molar-refractivity contribution < 1.29 is 24.4 Å². The second kappa shape index (κ2) is 4.36. The van der Waals surface area contributed by atoms with Crippen molar-refractivity contribution >= 4 is 17.3 Å². The molecular formula is C5H2ClN2O2Zn-. The van der Waals surface area contributed by atoms with Gasteiger partial charge in [-0.25, -0.2) is 0 Å². The summed E-state index contributed by atoms with van der Waals surface area (Å²) in [7, 11) is 0. The summed E-state index contributed by atoms with van der Waals surface area (Å²) in [6.45, 7) is 0. The zero-order chi connectivity index (χ0) is 7.56. The van der Waals surface area contributed by atoms with Gasteiger partial charge in [-0.2, -0.15) is 6.07 Å². The van der Waals surface area contributed by atoms with Crippen LogP contribution in [0.4, 0.5) is 5.69 Å². The largest absolute Gasteiger partial charge is 0.367 e. The Kier molecular flexibility index (Phi) is 4.15. The van der Waals surface area contributed by atoms with Crippen molar-refractivity contribution in [1.29, 1.82) is 0 Å². The summed E-state index contributed by atoms with van der Waals surface area (Å²) in [5.41, 5.74) is -0.288. The number of hydrogen-bond donors (Lipinski definition) is 0. The molecule has 4 nitrogen and oxygen atoms in total. The second-order valence-electron chi connectivity index (χ2n) is 1.49. The molecule has 0 atom stereocenters. The van der Waals surface area contributed by atoms with Gasteiger partial charge in [0.15, 0.2) is 5.69 Å². The molecule has 0 saturated carbocycles. The molecule has 0 N–H and O–H groups in total. The van der Waals surface area contributed by atoms with Crippen molar-refractivity contribution in [3.8, 4) is 0 Å². The number of hydrogen-bond acceptors (Lipinski definition) is 3. The second-order valence-corrected chi connectivity index (χ2v) is 1.84. The quantitative estimate of drug-likeness (QED) is 0.238. The summed E-state index contributed by atoms with van der Waals surface area (Å²) in [4.78, 5) is 12.9. The molecule has 1 aromatic rings. The van der Waals surface area contributed by atoms with E-state index in [1.54, 1.807) is 0 Å². The molecule has 1 rings (SSSR count). The van der Waals surface area contributed by atoms with Crippen LogP contribution in [0.3, 0.4) is 0 Å². The Labute approximate surface area is 80.5 Å². The molecule has 11 heavy (non-hydrogen) atoms. The van der Waals surface area contributed by atoms with Gasteiger partial charge in [-0.3, -0.25) is 10.1 Å². The zero-order valence-corrected chi connectivity index (χ0v) is 9.17. The smallest absolute Gasteiger partial charge is 0.198 e. The number of rotatable bonds is 1. The normalized spacial score (nSPS) is 8.45. The van der Waals surface area contributed by atoms with Gasteiger partial charge >= 0.3 is 0 Å². The van der Waals surface area contributed by atoms with Crippen molar-refractivity contribution in [3.63, 3.8) is 0 Å². The first-order chi connectivity index (χ1) is 4.72. The van der Waals surface area contributed by atoms with Crippen LogP contribution in [-0.2, 0) is 19.5 Å². The average Bonchev–Trinajstić information content (AvgIpc) is 1.88. The topological polar surface area (TPSA) is 56.0 Å². The van der Waals surface area contributed by atoms with Crippen molar-refractivity contribution in [2.75, 3.05) is 0 Å². The van der Waals surface area contributed by atoms with E-state index < -0.39 is 4.92 Å². The molecule has 0 radical (unpaired) electrons. The van der Waals surface area contributed by atoms with Crippen LogP contribution in [0.1, 0.15) is 0 Å². The van der Waals surface area contributed by atoms with E-state index in [-0.39, 0.29) is 30.3 Å². The van der Waals surface area contributed by atoms with Gasteiger partial charge in [-0.05, 0) is 0 Å². The van der Waals surface area contributed by atoms with Crippen molar-refractivity contribution in [1.82, 2.24) is 4.98 Å². The predicted octanol–water partition coefficient (Wildman–Crippen LogP) is 1.44. The molecule has 0 aliphatic heterocycles. The van der Waals surface area contributed by atoms with Gasteiger partial charge in [-0.1, -0.05) is 12.3 Å². The summed E-state index contributed by atoms with van der Waals surface area (Å²) >= 11 is 5.34. The Morgan fingerprint density at radius 3 is 2.73 bits per heavy atom.